The third-order valence-corrected chi connectivity index (χ3v) is 2.11. The van der Waals surface area contributed by atoms with Gasteiger partial charge in [-0.05, 0) is 18.6 Å². The van der Waals surface area contributed by atoms with E-state index in [-0.39, 0.29) is 0 Å². The van der Waals surface area contributed by atoms with Crippen molar-refractivity contribution in [3.63, 3.8) is 0 Å². The van der Waals surface area contributed by atoms with Gasteiger partial charge < -0.3 is 4.42 Å². The molecule has 1 aromatic heterocycles. The van der Waals surface area contributed by atoms with Gasteiger partial charge in [0.2, 0.25) is 11.6 Å². The maximum Gasteiger partial charge on any atom is 0.237 e. The van der Waals surface area contributed by atoms with Crippen LogP contribution in [0.25, 0.3) is 6.08 Å². The molecule has 0 saturated carbocycles. The Balaban J connectivity index is 2.63. The van der Waals surface area contributed by atoms with E-state index in [1.54, 1.807) is 0 Å². The monoisotopic (exact) mass is 176 g/mol. The molecule has 1 aliphatic rings. The molecule has 0 fully saturated rings. The number of hydrogen-bond donors (Lipinski definition) is 0. The number of furan rings is 1. The van der Waals surface area contributed by atoms with Crippen LogP contribution in [-0.2, 0) is 11.2 Å². The largest absolute Gasteiger partial charge is 0.464 e. The summed E-state index contributed by atoms with van der Waals surface area (Å²) in [6, 6.07) is 0. The van der Waals surface area contributed by atoms with E-state index < -0.39 is 11.6 Å². The summed E-state index contributed by atoms with van der Waals surface area (Å²) in [6.07, 6.45) is 5.02. The van der Waals surface area contributed by atoms with Gasteiger partial charge in [0.25, 0.3) is 0 Å². The summed E-state index contributed by atoms with van der Waals surface area (Å²) >= 11 is 0. The first kappa shape index (κ1) is 7.98. The molecule has 2 rings (SSSR count). The fourth-order valence-corrected chi connectivity index (χ4v) is 1.40. The highest BCUT2D eigenvalue weighted by Crippen LogP contribution is 2.23. The van der Waals surface area contributed by atoms with Gasteiger partial charge in [0.05, 0.1) is 11.8 Å². The fourth-order valence-electron chi connectivity index (χ4n) is 1.40. The average Bonchev–Trinajstić information content (AvgIpc) is 2.55. The lowest BCUT2D eigenvalue weighted by atomic mass is 9.97. The zero-order chi connectivity index (χ0) is 9.42. The number of allylic oxidation sites excluding steroid dienone is 1. The maximum absolute atomic E-state index is 11.4. The zero-order valence-electron chi connectivity index (χ0n) is 7.16. The topological polar surface area (TPSA) is 47.3 Å². The van der Waals surface area contributed by atoms with Gasteiger partial charge in [-0.3, -0.25) is 9.59 Å². The predicted octanol–water partition coefficient (Wildman–Crippen LogP) is 1.62. The van der Waals surface area contributed by atoms with Crippen LogP contribution in [0.3, 0.4) is 0 Å². The van der Waals surface area contributed by atoms with Gasteiger partial charge in [-0.15, -0.1) is 0 Å². The SMILES string of the molecule is CCc1coc2c1C(=O)C(=O)C=C2. The third kappa shape index (κ3) is 1.04. The summed E-state index contributed by atoms with van der Waals surface area (Å²) < 4.78 is 5.14. The van der Waals surface area contributed by atoms with Gasteiger partial charge in [-0.2, -0.15) is 0 Å². The first-order valence-corrected chi connectivity index (χ1v) is 4.11. The van der Waals surface area contributed by atoms with Gasteiger partial charge >= 0.3 is 0 Å². The molecule has 3 heteroatoms. The molecule has 0 radical (unpaired) electrons. The Bertz CT molecular complexity index is 410. The molecule has 0 bridgehead atoms. The van der Waals surface area contributed by atoms with Crippen LogP contribution in [0.4, 0.5) is 0 Å². The van der Waals surface area contributed by atoms with Crippen LogP contribution in [0.15, 0.2) is 16.8 Å². The zero-order valence-corrected chi connectivity index (χ0v) is 7.16. The smallest absolute Gasteiger partial charge is 0.237 e. The van der Waals surface area contributed by atoms with Crippen molar-refractivity contribution in [2.45, 2.75) is 13.3 Å². The number of carbonyl (C=O) groups is 2. The number of ketones is 2. The second-order valence-corrected chi connectivity index (χ2v) is 2.88. The Morgan fingerprint density at radius 2 is 2.08 bits per heavy atom. The Morgan fingerprint density at radius 1 is 1.31 bits per heavy atom. The Morgan fingerprint density at radius 3 is 2.77 bits per heavy atom. The summed E-state index contributed by atoms with van der Waals surface area (Å²) in [7, 11) is 0. The second-order valence-electron chi connectivity index (χ2n) is 2.88. The van der Waals surface area contributed by atoms with E-state index in [9.17, 15) is 9.59 Å². The minimum absolute atomic E-state index is 0.440. The van der Waals surface area contributed by atoms with Gasteiger partial charge in [-0.1, -0.05) is 6.92 Å². The highest BCUT2D eigenvalue weighted by atomic mass is 16.3. The number of rotatable bonds is 1. The molecule has 0 saturated heterocycles. The van der Waals surface area contributed by atoms with Crippen molar-refractivity contribution >= 4 is 17.6 Å². The first-order valence-electron chi connectivity index (χ1n) is 4.11. The van der Waals surface area contributed by atoms with Crippen LogP contribution in [-0.4, -0.2) is 11.6 Å². The maximum atomic E-state index is 11.4. The molecule has 3 nitrogen and oxygen atoms in total. The highest BCUT2D eigenvalue weighted by Gasteiger charge is 2.26. The van der Waals surface area contributed by atoms with Gasteiger partial charge in [-0.25, -0.2) is 0 Å². The second kappa shape index (κ2) is 2.69. The molecule has 0 spiro atoms. The summed E-state index contributed by atoms with van der Waals surface area (Å²) in [5, 5.41) is 0. The normalized spacial score (nSPS) is 14.8. The molecule has 13 heavy (non-hydrogen) atoms. The minimum atomic E-state index is -0.469. The van der Waals surface area contributed by atoms with Crippen molar-refractivity contribution < 1.29 is 14.0 Å². The number of fused-ring (bicyclic) bond motifs is 1. The average molecular weight is 176 g/mol. The van der Waals surface area contributed by atoms with Crippen molar-refractivity contribution in [2.75, 3.05) is 0 Å². The van der Waals surface area contributed by atoms with E-state index in [1.807, 2.05) is 6.92 Å². The van der Waals surface area contributed by atoms with Crippen molar-refractivity contribution in [1.82, 2.24) is 0 Å². The van der Waals surface area contributed by atoms with Crippen LogP contribution < -0.4 is 0 Å². The molecule has 0 N–H and O–H groups in total. The molecule has 0 atom stereocenters. The minimum Gasteiger partial charge on any atom is -0.464 e. The van der Waals surface area contributed by atoms with E-state index in [1.165, 1.54) is 18.4 Å². The number of hydrogen-bond acceptors (Lipinski definition) is 3. The summed E-state index contributed by atoms with van der Waals surface area (Å²) in [6.45, 7) is 1.92. The van der Waals surface area contributed by atoms with E-state index in [4.69, 9.17) is 4.42 Å². The van der Waals surface area contributed by atoms with Crippen LogP contribution in [0, 0.1) is 0 Å². The van der Waals surface area contributed by atoms with Crippen LogP contribution in [0.1, 0.15) is 28.6 Å². The molecule has 0 unspecified atom stereocenters. The standard InChI is InChI=1S/C10H8O3/c1-2-6-5-13-8-4-3-7(11)10(12)9(6)8/h3-5H,2H2,1H3. The number of aryl methyl sites for hydroxylation is 1. The van der Waals surface area contributed by atoms with E-state index in [0.717, 1.165) is 5.56 Å². The van der Waals surface area contributed by atoms with Gasteiger partial charge in [0, 0.05) is 5.56 Å². The summed E-state index contributed by atoms with van der Waals surface area (Å²) in [5.41, 5.74) is 1.24. The first-order chi connectivity index (χ1) is 6.24. The number of carbonyl (C=O) groups excluding carboxylic acids is 2. The molecule has 1 heterocycles. The quantitative estimate of drug-likeness (QED) is 0.611. The van der Waals surface area contributed by atoms with E-state index in [2.05, 4.69) is 0 Å². The van der Waals surface area contributed by atoms with Gasteiger partial charge in [0.1, 0.15) is 5.76 Å². The lowest BCUT2D eigenvalue weighted by molar-refractivity contribution is -0.110. The molecule has 0 aromatic carbocycles. The van der Waals surface area contributed by atoms with Crippen molar-refractivity contribution in [2.24, 2.45) is 0 Å². The van der Waals surface area contributed by atoms with Crippen LogP contribution >= 0.6 is 0 Å². The third-order valence-electron chi connectivity index (χ3n) is 2.11. The number of Topliss-reactive ketones (excluding diaryl/α,β-unsaturated/α-hetero) is 1. The van der Waals surface area contributed by atoms with Crippen LogP contribution in [0.5, 0.6) is 0 Å². The summed E-state index contributed by atoms with van der Waals surface area (Å²) in [5.74, 6) is -0.423. The lowest BCUT2D eigenvalue weighted by Crippen LogP contribution is -2.16. The predicted molar refractivity (Wildman–Crippen MR) is 46.5 cm³/mol. The molecular weight excluding hydrogens is 168 g/mol. The summed E-state index contributed by atoms with van der Waals surface area (Å²) in [4.78, 5) is 22.4. The van der Waals surface area contributed by atoms with Crippen molar-refractivity contribution in [3.8, 4) is 0 Å². The molecule has 0 aliphatic heterocycles. The fraction of sp³-hybridized carbons (Fsp3) is 0.200. The molecule has 1 aliphatic carbocycles. The lowest BCUT2D eigenvalue weighted by Gasteiger charge is -2.02. The Kier molecular flexibility index (Phi) is 1.65. The van der Waals surface area contributed by atoms with E-state index in [0.29, 0.717) is 17.7 Å². The van der Waals surface area contributed by atoms with Crippen LogP contribution in [0.2, 0.25) is 0 Å². The highest BCUT2D eigenvalue weighted by molar-refractivity contribution is 6.50. The Labute approximate surface area is 75.0 Å². The van der Waals surface area contributed by atoms with Crippen molar-refractivity contribution in [1.29, 1.82) is 0 Å². The van der Waals surface area contributed by atoms with Crippen molar-refractivity contribution in [3.05, 3.63) is 29.2 Å². The molecular formula is C10H8O3. The molecule has 66 valence electrons. The van der Waals surface area contributed by atoms with Gasteiger partial charge in [0.15, 0.2) is 0 Å². The van der Waals surface area contributed by atoms with E-state index >= 15 is 0 Å². The Hall–Kier alpha value is -1.64. The molecule has 0 amide bonds. The molecule has 1 aromatic rings.